The summed E-state index contributed by atoms with van der Waals surface area (Å²) < 4.78 is 7.02. The van der Waals surface area contributed by atoms with E-state index in [1.807, 2.05) is 54.6 Å². The molecule has 0 bridgehead atoms. The molecular weight excluding hydrogens is 506 g/mol. The number of aromatic nitrogens is 2. The zero-order valence-corrected chi connectivity index (χ0v) is 22.9. The van der Waals surface area contributed by atoms with Gasteiger partial charge in [-0.15, -0.1) is 0 Å². The molecule has 4 aromatic carbocycles. The van der Waals surface area contributed by atoms with Crippen LogP contribution < -0.4 is 10.3 Å². The molecule has 0 saturated carbocycles. The third-order valence-corrected chi connectivity index (χ3v) is 7.50. The second-order valence-corrected chi connectivity index (χ2v) is 10.3. The third kappa shape index (κ3) is 5.89. The number of methoxy groups -OCH3 is 1. The maximum atomic E-state index is 13.8. The number of hydrogen-bond acceptors (Lipinski definition) is 5. The van der Waals surface area contributed by atoms with Gasteiger partial charge in [-0.25, -0.2) is 4.98 Å². The molecule has 7 heteroatoms. The van der Waals surface area contributed by atoms with E-state index in [2.05, 4.69) is 31.2 Å². The van der Waals surface area contributed by atoms with Crippen molar-refractivity contribution in [3.8, 4) is 11.4 Å². The van der Waals surface area contributed by atoms with Gasteiger partial charge in [0.1, 0.15) is 5.75 Å². The van der Waals surface area contributed by atoms with Crippen LogP contribution in [0.5, 0.6) is 5.75 Å². The van der Waals surface area contributed by atoms with Crippen LogP contribution in [0, 0.1) is 6.92 Å². The van der Waals surface area contributed by atoms with Gasteiger partial charge in [0.2, 0.25) is 0 Å². The van der Waals surface area contributed by atoms with E-state index in [-0.39, 0.29) is 11.5 Å². The first kappa shape index (κ1) is 26.3. The molecule has 0 fully saturated rings. The molecule has 0 atom stereocenters. The lowest BCUT2D eigenvalue weighted by Crippen LogP contribution is -2.26. The van der Waals surface area contributed by atoms with Crippen molar-refractivity contribution in [3.05, 3.63) is 130 Å². The summed E-state index contributed by atoms with van der Waals surface area (Å²) in [6, 6.07) is 30.6. The SMILES string of the molecule is COc1cccc(-n2c(SCc3ccc(C)cc3)nc3cc(C(=O)N(C)Cc4ccccc4)ccc3c2=O)c1. The fourth-order valence-electron chi connectivity index (χ4n) is 4.35. The molecule has 0 saturated heterocycles. The molecule has 196 valence electrons. The van der Waals surface area contributed by atoms with E-state index in [1.54, 1.807) is 41.8 Å². The number of aryl methyl sites for hydroxylation is 1. The Kier molecular flexibility index (Phi) is 7.79. The van der Waals surface area contributed by atoms with Crippen molar-refractivity contribution in [2.45, 2.75) is 24.4 Å². The molecule has 1 heterocycles. The van der Waals surface area contributed by atoms with Crippen LogP contribution in [0.2, 0.25) is 0 Å². The summed E-state index contributed by atoms with van der Waals surface area (Å²) in [4.78, 5) is 33.7. The van der Waals surface area contributed by atoms with Crippen LogP contribution in [0.15, 0.2) is 107 Å². The topological polar surface area (TPSA) is 64.4 Å². The van der Waals surface area contributed by atoms with Gasteiger partial charge in [-0.05, 0) is 48.4 Å². The summed E-state index contributed by atoms with van der Waals surface area (Å²) in [5.41, 5.74) is 4.81. The Morgan fingerprint density at radius 2 is 1.69 bits per heavy atom. The average molecular weight is 536 g/mol. The molecule has 0 spiro atoms. The second kappa shape index (κ2) is 11.6. The first-order chi connectivity index (χ1) is 18.9. The van der Waals surface area contributed by atoms with Crippen molar-refractivity contribution in [2.24, 2.45) is 0 Å². The smallest absolute Gasteiger partial charge is 0.266 e. The van der Waals surface area contributed by atoms with Gasteiger partial charge < -0.3 is 9.64 Å². The molecule has 1 amide bonds. The Morgan fingerprint density at radius 1 is 0.923 bits per heavy atom. The van der Waals surface area contributed by atoms with Crippen molar-refractivity contribution in [2.75, 3.05) is 14.2 Å². The zero-order chi connectivity index (χ0) is 27.4. The molecule has 0 aliphatic carbocycles. The van der Waals surface area contributed by atoms with E-state index in [4.69, 9.17) is 9.72 Å². The highest BCUT2D eigenvalue weighted by atomic mass is 32.2. The minimum atomic E-state index is -0.198. The van der Waals surface area contributed by atoms with Crippen LogP contribution in [-0.2, 0) is 12.3 Å². The Balaban J connectivity index is 1.55. The largest absolute Gasteiger partial charge is 0.497 e. The molecule has 0 unspecified atom stereocenters. The number of benzene rings is 4. The van der Waals surface area contributed by atoms with Crippen molar-refractivity contribution < 1.29 is 9.53 Å². The van der Waals surface area contributed by atoms with Crippen LogP contribution in [0.3, 0.4) is 0 Å². The molecule has 6 nitrogen and oxygen atoms in total. The van der Waals surface area contributed by atoms with Crippen molar-refractivity contribution >= 4 is 28.6 Å². The summed E-state index contributed by atoms with van der Waals surface area (Å²) in [5, 5.41) is 0.989. The highest BCUT2D eigenvalue weighted by Crippen LogP contribution is 2.27. The molecule has 5 rings (SSSR count). The summed E-state index contributed by atoms with van der Waals surface area (Å²) in [6.45, 7) is 2.54. The molecule has 39 heavy (non-hydrogen) atoms. The summed E-state index contributed by atoms with van der Waals surface area (Å²) in [6.07, 6.45) is 0. The predicted molar refractivity (Wildman–Crippen MR) is 157 cm³/mol. The lowest BCUT2D eigenvalue weighted by molar-refractivity contribution is 0.0785. The number of carbonyl (C=O) groups is 1. The Bertz CT molecular complexity index is 1680. The van der Waals surface area contributed by atoms with Gasteiger partial charge in [-0.3, -0.25) is 14.2 Å². The Morgan fingerprint density at radius 3 is 2.44 bits per heavy atom. The van der Waals surface area contributed by atoms with Gasteiger partial charge in [-0.1, -0.05) is 78.0 Å². The number of ether oxygens (including phenoxy) is 1. The number of hydrogen-bond donors (Lipinski definition) is 0. The normalized spacial score (nSPS) is 10.9. The molecule has 0 aliphatic rings. The highest BCUT2D eigenvalue weighted by molar-refractivity contribution is 7.98. The molecule has 5 aromatic rings. The van der Waals surface area contributed by atoms with Gasteiger partial charge in [0.15, 0.2) is 5.16 Å². The van der Waals surface area contributed by atoms with Gasteiger partial charge in [0, 0.05) is 31.0 Å². The quantitative estimate of drug-likeness (QED) is 0.173. The maximum absolute atomic E-state index is 13.8. The van der Waals surface area contributed by atoms with Crippen LogP contribution in [0.1, 0.15) is 27.0 Å². The summed E-state index contributed by atoms with van der Waals surface area (Å²) in [5.74, 6) is 1.16. The van der Waals surface area contributed by atoms with Crippen molar-refractivity contribution in [1.82, 2.24) is 14.5 Å². The van der Waals surface area contributed by atoms with E-state index < -0.39 is 0 Å². The average Bonchev–Trinajstić information content (AvgIpc) is 2.96. The molecule has 0 N–H and O–H groups in total. The van der Waals surface area contributed by atoms with E-state index in [0.717, 1.165) is 11.1 Å². The highest BCUT2D eigenvalue weighted by Gasteiger charge is 2.18. The van der Waals surface area contributed by atoms with Crippen LogP contribution in [0.4, 0.5) is 0 Å². The number of amides is 1. The Hall–Kier alpha value is -4.36. The minimum absolute atomic E-state index is 0.131. The second-order valence-electron chi connectivity index (χ2n) is 9.39. The number of rotatable bonds is 8. The van der Waals surface area contributed by atoms with Crippen molar-refractivity contribution in [3.63, 3.8) is 0 Å². The van der Waals surface area contributed by atoms with Crippen LogP contribution in [-0.4, -0.2) is 34.5 Å². The third-order valence-electron chi connectivity index (χ3n) is 6.49. The molecule has 0 aliphatic heterocycles. The lowest BCUT2D eigenvalue weighted by atomic mass is 10.1. The van der Waals surface area contributed by atoms with Crippen LogP contribution >= 0.6 is 11.8 Å². The van der Waals surface area contributed by atoms with E-state index in [9.17, 15) is 9.59 Å². The minimum Gasteiger partial charge on any atom is -0.497 e. The van der Waals surface area contributed by atoms with Crippen molar-refractivity contribution in [1.29, 1.82) is 0 Å². The first-order valence-corrected chi connectivity index (χ1v) is 13.6. The summed E-state index contributed by atoms with van der Waals surface area (Å²) in [7, 11) is 3.37. The Labute approximate surface area is 231 Å². The van der Waals surface area contributed by atoms with Gasteiger partial charge in [0.05, 0.1) is 23.7 Å². The van der Waals surface area contributed by atoms with Gasteiger partial charge in [-0.2, -0.15) is 0 Å². The predicted octanol–water partition coefficient (Wildman–Crippen LogP) is 6.27. The fourth-order valence-corrected chi connectivity index (χ4v) is 5.32. The maximum Gasteiger partial charge on any atom is 0.266 e. The van der Waals surface area contributed by atoms with E-state index >= 15 is 0 Å². The van der Waals surface area contributed by atoms with Gasteiger partial charge in [0.25, 0.3) is 11.5 Å². The number of nitrogens with zero attached hydrogens (tertiary/aromatic N) is 3. The zero-order valence-electron chi connectivity index (χ0n) is 22.1. The van der Waals surface area contributed by atoms with Crippen LogP contribution in [0.25, 0.3) is 16.6 Å². The first-order valence-electron chi connectivity index (χ1n) is 12.6. The molecule has 1 aromatic heterocycles. The number of thioether (sulfide) groups is 1. The summed E-state index contributed by atoms with van der Waals surface area (Å²) >= 11 is 1.48. The monoisotopic (exact) mass is 535 g/mol. The fraction of sp³-hybridized carbons (Fsp3) is 0.156. The standard InChI is InChI=1S/C32H29N3O3S/c1-22-12-14-24(15-13-22)21-39-32-33-29-18-25(30(36)34(2)20-23-8-5-4-6-9-23)16-17-28(29)31(37)35(32)26-10-7-11-27(19-26)38-3/h4-19H,20-21H2,1-3H3. The van der Waals surface area contributed by atoms with E-state index in [1.165, 1.54) is 17.3 Å². The van der Waals surface area contributed by atoms with Gasteiger partial charge >= 0.3 is 0 Å². The number of carbonyl (C=O) groups excluding carboxylic acids is 1. The number of fused-ring (bicyclic) bond motifs is 1. The lowest BCUT2D eigenvalue weighted by Gasteiger charge is -2.18. The molecule has 0 radical (unpaired) electrons. The van der Waals surface area contributed by atoms with E-state index in [0.29, 0.717) is 45.4 Å². The molecular formula is C32H29N3O3S.